The number of amides is 1. The molecule has 3 N–H and O–H groups in total. The number of rotatable bonds is 2. The Morgan fingerprint density at radius 2 is 1.90 bits per heavy atom. The van der Waals surface area contributed by atoms with Gasteiger partial charge in [-0.25, -0.2) is 10.5 Å². The number of hydrogen-bond acceptors (Lipinski definition) is 5. The molecule has 0 aliphatic heterocycles. The van der Waals surface area contributed by atoms with E-state index in [1.807, 2.05) is 0 Å². The highest BCUT2D eigenvalue weighted by atomic mass is 19.4. The number of hydroxylamine groups is 1. The van der Waals surface area contributed by atoms with Gasteiger partial charge in [-0.2, -0.15) is 18.3 Å². The van der Waals surface area contributed by atoms with Crippen LogP contribution in [0, 0.1) is 0 Å². The molecule has 0 atom stereocenters. The second-order valence-corrected chi connectivity index (χ2v) is 7.47. The lowest BCUT2D eigenvalue weighted by Gasteiger charge is -2.23. The number of aryl methyl sites for hydroxylation is 1. The van der Waals surface area contributed by atoms with Crippen molar-refractivity contribution in [2.24, 2.45) is 0 Å². The minimum absolute atomic E-state index is 0.0167. The summed E-state index contributed by atoms with van der Waals surface area (Å²) in [6, 6.07) is 4.01. The molecular weight excluding hydrogens is 411 g/mol. The molecule has 5 rings (SSSR count). The van der Waals surface area contributed by atoms with E-state index in [1.165, 1.54) is 23.9 Å². The van der Waals surface area contributed by atoms with Crippen LogP contribution in [0.1, 0.15) is 40.0 Å². The zero-order valence-electron chi connectivity index (χ0n) is 16.0. The largest absolute Gasteiger partial charge is 0.418 e. The lowest BCUT2D eigenvalue weighted by Crippen LogP contribution is -2.19. The van der Waals surface area contributed by atoms with E-state index in [4.69, 9.17) is 5.21 Å². The highest BCUT2D eigenvalue weighted by Gasteiger charge is 2.36. The van der Waals surface area contributed by atoms with Crippen molar-refractivity contribution in [1.29, 1.82) is 0 Å². The smallest absolute Gasteiger partial charge is 0.288 e. The normalized spacial score (nSPS) is 14.1. The maximum absolute atomic E-state index is 13.9. The summed E-state index contributed by atoms with van der Waals surface area (Å²) in [5, 5.41) is 16.5. The quantitative estimate of drug-likeness (QED) is 0.329. The van der Waals surface area contributed by atoms with Crippen molar-refractivity contribution in [2.75, 3.05) is 0 Å². The Morgan fingerprint density at radius 1 is 1.13 bits per heavy atom. The van der Waals surface area contributed by atoms with Gasteiger partial charge in [0, 0.05) is 22.5 Å². The van der Waals surface area contributed by atoms with Crippen molar-refractivity contribution in [3.05, 3.63) is 53.0 Å². The van der Waals surface area contributed by atoms with E-state index in [-0.39, 0.29) is 11.2 Å². The predicted molar refractivity (Wildman–Crippen MR) is 106 cm³/mol. The molecule has 1 amide bonds. The summed E-state index contributed by atoms with van der Waals surface area (Å²) in [7, 11) is 0. The number of fused-ring (bicyclic) bond motifs is 5. The van der Waals surface area contributed by atoms with Crippen LogP contribution in [0.25, 0.3) is 33.1 Å². The summed E-state index contributed by atoms with van der Waals surface area (Å²) in [6.07, 6.45) is 1.43. The van der Waals surface area contributed by atoms with Gasteiger partial charge in [0.05, 0.1) is 28.5 Å². The van der Waals surface area contributed by atoms with E-state index in [0.29, 0.717) is 40.4 Å². The number of H-pyrrole nitrogens is 1. The van der Waals surface area contributed by atoms with Gasteiger partial charge in [-0.05, 0) is 55.0 Å². The first-order valence-electron chi connectivity index (χ1n) is 9.68. The van der Waals surface area contributed by atoms with Gasteiger partial charge in [0.2, 0.25) is 0 Å². The van der Waals surface area contributed by atoms with Gasteiger partial charge in [-0.15, -0.1) is 0 Å². The zero-order chi connectivity index (χ0) is 21.8. The molecule has 0 radical (unpaired) electrons. The molecule has 3 heterocycles. The molecule has 4 aromatic rings. The Kier molecular flexibility index (Phi) is 4.40. The highest BCUT2D eigenvalue weighted by Crippen LogP contribution is 2.43. The van der Waals surface area contributed by atoms with Crippen LogP contribution >= 0.6 is 0 Å². The third-order valence-electron chi connectivity index (χ3n) is 5.67. The number of aromatic amines is 1. The van der Waals surface area contributed by atoms with E-state index in [2.05, 4.69) is 20.2 Å². The lowest BCUT2D eigenvalue weighted by molar-refractivity contribution is -0.136. The molecule has 0 bridgehead atoms. The Hall–Kier alpha value is -3.53. The number of carbonyl (C=O) groups is 1. The Bertz CT molecular complexity index is 1330. The first-order chi connectivity index (χ1) is 14.9. The van der Waals surface area contributed by atoms with Gasteiger partial charge in [0.25, 0.3) is 5.91 Å². The van der Waals surface area contributed by atoms with Crippen LogP contribution in [0.2, 0.25) is 0 Å². The molecule has 1 aromatic carbocycles. The molecule has 0 spiro atoms. The summed E-state index contributed by atoms with van der Waals surface area (Å²) >= 11 is 0. The molecule has 3 aromatic heterocycles. The average molecular weight is 427 g/mol. The van der Waals surface area contributed by atoms with Crippen LogP contribution < -0.4 is 5.48 Å². The number of benzene rings is 1. The maximum Gasteiger partial charge on any atom is 0.418 e. The third kappa shape index (κ3) is 3.10. The molecule has 0 fully saturated rings. The van der Waals surface area contributed by atoms with Gasteiger partial charge in [-0.1, -0.05) is 0 Å². The van der Waals surface area contributed by atoms with Gasteiger partial charge in [-0.3, -0.25) is 20.1 Å². The van der Waals surface area contributed by atoms with E-state index in [0.717, 1.165) is 30.0 Å². The van der Waals surface area contributed by atoms with E-state index >= 15 is 0 Å². The summed E-state index contributed by atoms with van der Waals surface area (Å²) in [5.41, 5.74) is 3.55. The number of nitrogens with one attached hydrogen (secondary N) is 2. The van der Waals surface area contributed by atoms with Crippen molar-refractivity contribution in [1.82, 2.24) is 25.6 Å². The Morgan fingerprint density at radius 3 is 2.58 bits per heavy atom. The van der Waals surface area contributed by atoms with E-state index in [1.54, 1.807) is 6.07 Å². The van der Waals surface area contributed by atoms with Crippen molar-refractivity contribution in [3.63, 3.8) is 0 Å². The van der Waals surface area contributed by atoms with E-state index < -0.39 is 17.6 Å². The summed E-state index contributed by atoms with van der Waals surface area (Å²) in [6.45, 7) is 0. The second kappa shape index (κ2) is 7.02. The molecule has 0 saturated carbocycles. The number of halogens is 3. The van der Waals surface area contributed by atoms with E-state index in [9.17, 15) is 18.0 Å². The fourth-order valence-corrected chi connectivity index (χ4v) is 4.30. The number of alkyl halides is 3. The monoisotopic (exact) mass is 427 g/mol. The molecule has 7 nitrogen and oxygen atoms in total. The first kappa shape index (κ1) is 19.4. The zero-order valence-corrected chi connectivity index (χ0v) is 16.0. The topological polar surface area (TPSA) is 104 Å². The van der Waals surface area contributed by atoms with Crippen molar-refractivity contribution < 1.29 is 23.2 Å². The fourth-order valence-electron chi connectivity index (χ4n) is 4.30. The fraction of sp³-hybridized carbons (Fsp3) is 0.238. The minimum atomic E-state index is -4.59. The molecule has 10 heteroatoms. The standard InChI is InChI=1S/C21H16F3N5O2/c22-21(23,24)14-7-16-13(9-26-28-16)17-11-3-1-2-4-12(11)18(27-19(14)17)10-5-6-15(25-8-10)20(30)29-31/h5-9,31H,1-4H2,(H,26,28)(H,29,30). The lowest BCUT2D eigenvalue weighted by atomic mass is 9.85. The van der Waals surface area contributed by atoms with Crippen LogP contribution in [-0.4, -0.2) is 31.3 Å². The van der Waals surface area contributed by atoms with Crippen LogP contribution in [0.15, 0.2) is 30.6 Å². The highest BCUT2D eigenvalue weighted by molar-refractivity contribution is 6.09. The molecule has 1 aliphatic rings. The maximum atomic E-state index is 13.9. The second-order valence-electron chi connectivity index (χ2n) is 7.47. The van der Waals surface area contributed by atoms with Gasteiger partial charge < -0.3 is 0 Å². The van der Waals surface area contributed by atoms with Crippen LogP contribution in [0.3, 0.4) is 0 Å². The van der Waals surface area contributed by atoms with Gasteiger partial charge in [0.1, 0.15) is 5.69 Å². The molecule has 0 saturated heterocycles. The predicted octanol–water partition coefficient (Wildman–Crippen LogP) is 4.19. The average Bonchev–Trinajstić information content (AvgIpc) is 3.25. The SMILES string of the molecule is O=C(NO)c1ccc(-c2nc3c(C(F)(F)F)cc4[nH]ncc4c3c3c2CCCC3)cn1. The molecule has 1 aliphatic carbocycles. The third-order valence-corrected chi connectivity index (χ3v) is 5.67. The van der Waals surface area contributed by atoms with Crippen LogP contribution in [-0.2, 0) is 19.0 Å². The summed E-state index contributed by atoms with van der Waals surface area (Å²) < 4.78 is 41.8. The number of hydrogen-bond donors (Lipinski definition) is 3. The molecular formula is C21H16F3N5O2. The number of aromatic nitrogens is 4. The molecule has 158 valence electrons. The first-order valence-corrected chi connectivity index (χ1v) is 9.68. The Labute approximate surface area is 173 Å². The molecule has 0 unspecified atom stereocenters. The number of nitrogens with zero attached hydrogens (tertiary/aromatic N) is 3. The van der Waals surface area contributed by atoms with Gasteiger partial charge in [0.15, 0.2) is 0 Å². The van der Waals surface area contributed by atoms with Crippen molar-refractivity contribution >= 4 is 27.7 Å². The number of carbonyl (C=O) groups excluding carboxylic acids is 1. The van der Waals surface area contributed by atoms with Crippen molar-refractivity contribution in [3.8, 4) is 11.3 Å². The Balaban J connectivity index is 1.84. The van der Waals surface area contributed by atoms with Gasteiger partial charge >= 0.3 is 6.18 Å². The molecule has 31 heavy (non-hydrogen) atoms. The van der Waals surface area contributed by atoms with Crippen molar-refractivity contribution in [2.45, 2.75) is 31.9 Å². The number of pyridine rings is 2. The minimum Gasteiger partial charge on any atom is -0.288 e. The van der Waals surface area contributed by atoms with Crippen LogP contribution in [0.4, 0.5) is 13.2 Å². The summed E-state index contributed by atoms with van der Waals surface area (Å²) in [4.78, 5) is 20.1. The summed E-state index contributed by atoms with van der Waals surface area (Å²) in [5.74, 6) is -0.776. The van der Waals surface area contributed by atoms with Crippen LogP contribution in [0.5, 0.6) is 0 Å².